The smallest absolute Gasteiger partial charge is 0.337 e. The molecule has 0 aliphatic heterocycles. The molecule has 0 aromatic heterocycles. The predicted molar refractivity (Wildman–Crippen MR) is 82.9 cm³/mol. The van der Waals surface area contributed by atoms with Crippen LogP contribution in [0.2, 0.25) is 0 Å². The summed E-state index contributed by atoms with van der Waals surface area (Å²) < 4.78 is 15.2. The lowest BCUT2D eigenvalue weighted by Crippen LogP contribution is -2.43. The van der Waals surface area contributed by atoms with Gasteiger partial charge in [0.05, 0.1) is 18.5 Å². The lowest BCUT2D eigenvalue weighted by molar-refractivity contribution is -0.209. The third-order valence-corrected chi connectivity index (χ3v) is 2.58. The van der Waals surface area contributed by atoms with Gasteiger partial charge in [0.15, 0.2) is 0 Å². The van der Waals surface area contributed by atoms with Crippen LogP contribution in [0.4, 0.5) is 11.4 Å². The third-order valence-electron chi connectivity index (χ3n) is 2.58. The first-order chi connectivity index (χ1) is 10.6. The predicted octanol–water partition coefficient (Wildman–Crippen LogP) is 1.87. The van der Waals surface area contributed by atoms with Crippen molar-refractivity contribution in [3.63, 3.8) is 0 Å². The monoisotopic (exact) mass is 324 g/mol. The first kappa shape index (κ1) is 18.3. The Kier molecular flexibility index (Phi) is 5.94. The summed E-state index contributed by atoms with van der Waals surface area (Å²) in [6, 6.07) is 4.81. The average Bonchev–Trinajstić information content (AvgIpc) is 2.37. The number of methoxy groups -OCH3 is 1. The largest absolute Gasteiger partial charge is 0.497 e. The molecule has 23 heavy (non-hydrogen) atoms. The number of hydrogen-bond donors (Lipinski definition) is 2. The van der Waals surface area contributed by atoms with Crippen molar-refractivity contribution in [2.75, 3.05) is 17.7 Å². The molecule has 126 valence electrons. The molecule has 8 heteroatoms. The van der Waals surface area contributed by atoms with Gasteiger partial charge in [0, 0.05) is 33.8 Å². The molecule has 0 spiro atoms. The lowest BCUT2D eigenvalue weighted by atomic mass is 10.2. The van der Waals surface area contributed by atoms with E-state index in [-0.39, 0.29) is 5.91 Å². The normalized spacial score (nSPS) is 10.5. The molecule has 1 aromatic carbocycles. The Morgan fingerprint density at radius 2 is 1.57 bits per heavy atom. The summed E-state index contributed by atoms with van der Waals surface area (Å²) in [5.74, 6) is -2.83. The number of rotatable bonds is 6. The first-order valence-corrected chi connectivity index (χ1v) is 6.78. The van der Waals surface area contributed by atoms with E-state index >= 15 is 0 Å². The van der Waals surface area contributed by atoms with Crippen molar-refractivity contribution in [1.82, 2.24) is 0 Å². The van der Waals surface area contributed by atoms with Crippen molar-refractivity contribution in [2.24, 2.45) is 0 Å². The maximum atomic E-state index is 11.3. The van der Waals surface area contributed by atoms with E-state index in [9.17, 15) is 14.4 Å². The molecule has 0 atom stereocenters. The average molecular weight is 324 g/mol. The molecular formula is C15H20N2O6. The SMILES string of the molecule is COc1ccc(NC(C)=O)c(NC(C)(OC(C)=O)OC(C)=O)c1. The highest BCUT2D eigenvalue weighted by molar-refractivity contribution is 5.93. The highest BCUT2D eigenvalue weighted by Crippen LogP contribution is 2.30. The van der Waals surface area contributed by atoms with E-state index in [1.807, 2.05) is 0 Å². The molecule has 0 aliphatic carbocycles. The molecular weight excluding hydrogens is 304 g/mol. The fourth-order valence-electron chi connectivity index (χ4n) is 1.92. The quantitative estimate of drug-likeness (QED) is 0.608. The van der Waals surface area contributed by atoms with Crippen LogP contribution in [-0.2, 0) is 23.9 Å². The fourth-order valence-corrected chi connectivity index (χ4v) is 1.92. The summed E-state index contributed by atoms with van der Waals surface area (Å²) in [5, 5.41) is 5.40. The molecule has 0 unspecified atom stereocenters. The summed E-state index contributed by atoms with van der Waals surface area (Å²) in [7, 11) is 1.48. The van der Waals surface area contributed by atoms with Crippen molar-refractivity contribution in [2.45, 2.75) is 33.6 Å². The molecule has 0 aliphatic rings. The Balaban J connectivity index is 3.20. The third kappa shape index (κ3) is 5.85. The second-order valence-electron chi connectivity index (χ2n) is 4.85. The number of hydrogen-bond acceptors (Lipinski definition) is 7. The van der Waals surface area contributed by atoms with E-state index in [0.29, 0.717) is 17.1 Å². The van der Waals surface area contributed by atoms with Crippen LogP contribution in [0.25, 0.3) is 0 Å². The van der Waals surface area contributed by atoms with Gasteiger partial charge in [-0.15, -0.1) is 0 Å². The van der Waals surface area contributed by atoms with E-state index in [0.717, 1.165) is 0 Å². The minimum absolute atomic E-state index is 0.292. The molecule has 0 bridgehead atoms. The first-order valence-electron chi connectivity index (χ1n) is 6.78. The number of amides is 1. The number of benzene rings is 1. The molecule has 1 amide bonds. The van der Waals surface area contributed by atoms with Crippen molar-refractivity contribution < 1.29 is 28.6 Å². The number of ether oxygens (including phenoxy) is 3. The molecule has 1 aromatic rings. The van der Waals surface area contributed by atoms with E-state index in [4.69, 9.17) is 14.2 Å². The van der Waals surface area contributed by atoms with Crippen LogP contribution < -0.4 is 15.4 Å². The van der Waals surface area contributed by atoms with Crippen molar-refractivity contribution >= 4 is 29.2 Å². The van der Waals surface area contributed by atoms with Crippen molar-refractivity contribution in [1.29, 1.82) is 0 Å². The summed E-state index contributed by atoms with van der Waals surface area (Å²) in [5.41, 5.74) is 0.758. The fraction of sp³-hybridized carbons (Fsp3) is 0.400. The summed E-state index contributed by atoms with van der Waals surface area (Å²) in [4.78, 5) is 33.8. The van der Waals surface area contributed by atoms with Crippen LogP contribution in [0.1, 0.15) is 27.7 Å². The Morgan fingerprint density at radius 1 is 1.00 bits per heavy atom. The number of anilines is 2. The van der Waals surface area contributed by atoms with Gasteiger partial charge in [-0.25, -0.2) is 0 Å². The van der Waals surface area contributed by atoms with E-state index < -0.39 is 17.8 Å². The Morgan fingerprint density at radius 3 is 2.00 bits per heavy atom. The van der Waals surface area contributed by atoms with Crippen LogP contribution in [0.15, 0.2) is 18.2 Å². The maximum absolute atomic E-state index is 11.3. The van der Waals surface area contributed by atoms with Crippen LogP contribution in [0.3, 0.4) is 0 Å². The van der Waals surface area contributed by atoms with Gasteiger partial charge in [-0.05, 0) is 12.1 Å². The van der Waals surface area contributed by atoms with Gasteiger partial charge < -0.3 is 24.8 Å². The zero-order valence-electron chi connectivity index (χ0n) is 13.7. The topological polar surface area (TPSA) is 103 Å². The highest BCUT2D eigenvalue weighted by atomic mass is 16.7. The Bertz CT molecular complexity index is 598. The molecule has 1 rings (SSSR count). The molecule has 2 N–H and O–H groups in total. The Labute approximate surface area is 134 Å². The molecule has 0 radical (unpaired) electrons. The number of nitrogens with one attached hydrogen (secondary N) is 2. The van der Waals surface area contributed by atoms with Gasteiger partial charge in [-0.3, -0.25) is 14.4 Å². The zero-order valence-corrected chi connectivity index (χ0v) is 13.7. The van der Waals surface area contributed by atoms with Gasteiger partial charge in [-0.2, -0.15) is 0 Å². The van der Waals surface area contributed by atoms with Crippen LogP contribution in [-0.4, -0.2) is 30.9 Å². The van der Waals surface area contributed by atoms with Gasteiger partial charge in [0.1, 0.15) is 5.75 Å². The van der Waals surface area contributed by atoms with Gasteiger partial charge in [0.25, 0.3) is 0 Å². The molecule has 0 fully saturated rings. The van der Waals surface area contributed by atoms with Crippen LogP contribution in [0.5, 0.6) is 5.75 Å². The molecule has 0 saturated heterocycles. The van der Waals surface area contributed by atoms with E-state index in [1.54, 1.807) is 18.2 Å². The minimum atomic E-state index is -1.74. The highest BCUT2D eigenvalue weighted by Gasteiger charge is 2.32. The van der Waals surface area contributed by atoms with Gasteiger partial charge >= 0.3 is 17.8 Å². The Hall–Kier alpha value is -2.77. The van der Waals surface area contributed by atoms with E-state index in [1.165, 1.54) is 34.8 Å². The van der Waals surface area contributed by atoms with Crippen molar-refractivity contribution in [3.8, 4) is 5.75 Å². The van der Waals surface area contributed by atoms with Crippen LogP contribution >= 0.6 is 0 Å². The molecule has 0 saturated carbocycles. The maximum Gasteiger partial charge on any atom is 0.337 e. The summed E-state index contributed by atoms with van der Waals surface area (Å²) >= 11 is 0. The van der Waals surface area contributed by atoms with Gasteiger partial charge in [0.2, 0.25) is 5.91 Å². The summed E-state index contributed by atoms with van der Waals surface area (Å²) in [6.45, 7) is 5.09. The standard InChI is InChI=1S/C15H20N2O6/c1-9(18)16-13-7-6-12(21-5)8-14(13)17-15(4,22-10(2)19)23-11(3)20/h6-8,17H,1-5H3,(H,16,18). The second-order valence-corrected chi connectivity index (χ2v) is 4.85. The van der Waals surface area contributed by atoms with Crippen LogP contribution in [0, 0.1) is 0 Å². The summed E-state index contributed by atoms with van der Waals surface area (Å²) in [6.07, 6.45) is 0. The zero-order chi connectivity index (χ0) is 17.6. The number of esters is 2. The number of carbonyl (C=O) groups is 3. The molecule has 0 heterocycles. The van der Waals surface area contributed by atoms with E-state index in [2.05, 4.69) is 10.6 Å². The van der Waals surface area contributed by atoms with Gasteiger partial charge in [-0.1, -0.05) is 0 Å². The molecule has 8 nitrogen and oxygen atoms in total. The van der Waals surface area contributed by atoms with Crippen molar-refractivity contribution in [3.05, 3.63) is 18.2 Å². The second kappa shape index (κ2) is 7.48. The number of carbonyl (C=O) groups excluding carboxylic acids is 3. The minimum Gasteiger partial charge on any atom is -0.497 e. The lowest BCUT2D eigenvalue weighted by Gasteiger charge is -2.30.